The number of nitrogens with two attached hydrogens (primary N) is 1. The topological polar surface area (TPSA) is 63.4 Å². The summed E-state index contributed by atoms with van der Waals surface area (Å²) >= 11 is 0. The molecule has 4 nitrogen and oxygen atoms in total. The number of carbonyl (C=O) groups excluding carboxylic acids is 2. The molecule has 1 saturated carbocycles. The number of amides is 2. The van der Waals surface area contributed by atoms with Crippen LogP contribution in [0.4, 0.5) is 0 Å². The Balaban J connectivity index is 1.99. The van der Waals surface area contributed by atoms with E-state index in [0.29, 0.717) is 30.5 Å². The van der Waals surface area contributed by atoms with E-state index in [4.69, 9.17) is 5.73 Å². The second-order valence-electron chi connectivity index (χ2n) is 6.25. The molecule has 0 radical (unpaired) electrons. The molecule has 0 heterocycles. The van der Waals surface area contributed by atoms with Crippen molar-refractivity contribution < 1.29 is 9.59 Å². The van der Waals surface area contributed by atoms with Crippen LogP contribution in [-0.4, -0.2) is 22.8 Å². The first-order valence-electron chi connectivity index (χ1n) is 7.65. The van der Waals surface area contributed by atoms with E-state index in [9.17, 15) is 9.59 Å². The summed E-state index contributed by atoms with van der Waals surface area (Å²) < 4.78 is 0. The van der Waals surface area contributed by atoms with Crippen molar-refractivity contribution in [1.82, 2.24) is 4.90 Å². The number of hydrogen-bond acceptors (Lipinski definition) is 2. The SMILES string of the molecule is CC(C)CCC(=O)N(Cc1ccc(C(N)=O)cc1)C1CC1. The molecular weight excluding hydrogens is 264 g/mol. The highest BCUT2D eigenvalue weighted by Crippen LogP contribution is 2.29. The Labute approximate surface area is 126 Å². The lowest BCUT2D eigenvalue weighted by atomic mass is 10.1. The van der Waals surface area contributed by atoms with Gasteiger partial charge >= 0.3 is 0 Å². The number of rotatable bonds is 7. The Morgan fingerprint density at radius 3 is 2.33 bits per heavy atom. The van der Waals surface area contributed by atoms with Crippen LogP contribution in [0.15, 0.2) is 24.3 Å². The molecule has 2 N–H and O–H groups in total. The van der Waals surface area contributed by atoms with Gasteiger partial charge in [0.2, 0.25) is 11.8 Å². The number of hydrogen-bond donors (Lipinski definition) is 1. The average molecular weight is 288 g/mol. The van der Waals surface area contributed by atoms with Crippen molar-refractivity contribution in [2.24, 2.45) is 11.7 Å². The summed E-state index contributed by atoms with van der Waals surface area (Å²) in [4.78, 5) is 25.4. The number of carbonyl (C=O) groups is 2. The molecule has 0 aromatic heterocycles. The summed E-state index contributed by atoms with van der Waals surface area (Å²) in [5.41, 5.74) is 6.78. The normalized spacial score (nSPS) is 14.2. The van der Waals surface area contributed by atoms with E-state index in [1.54, 1.807) is 12.1 Å². The predicted molar refractivity (Wildman–Crippen MR) is 82.6 cm³/mol. The highest BCUT2D eigenvalue weighted by Gasteiger charge is 2.32. The van der Waals surface area contributed by atoms with Crippen molar-refractivity contribution in [2.45, 2.75) is 52.1 Å². The highest BCUT2D eigenvalue weighted by molar-refractivity contribution is 5.92. The molecule has 1 aromatic carbocycles. The first-order chi connectivity index (χ1) is 9.97. The number of nitrogens with zero attached hydrogens (tertiary/aromatic N) is 1. The van der Waals surface area contributed by atoms with Gasteiger partial charge in [0.25, 0.3) is 0 Å². The summed E-state index contributed by atoms with van der Waals surface area (Å²) in [6.45, 7) is 4.90. The van der Waals surface area contributed by atoms with Gasteiger partial charge in [-0.25, -0.2) is 0 Å². The molecule has 1 aromatic rings. The maximum Gasteiger partial charge on any atom is 0.248 e. The van der Waals surface area contributed by atoms with Gasteiger partial charge in [-0.3, -0.25) is 9.59 Å². The van der Waals surface area contributed by atoms with Crippen LogP contribution in [0.5, 0.6) is 0 Å². The van der Waals surface area contributed by atoms with Gasteiger partial charge in [-0.05, 0) is 42.9 Å². The van der Waals surface area contributed by atoms with Gasteiger partial charge in [0.05, 0.1) is 0 Å². The van der Waals surface area contributed by atoms with Gasteiger partial charge < -0.3 is 10.6 Å². The van der Waals surface area contributed by atoms with E-state index >= 15 is 0 Å². The minimum atomic E-state index is -0.423. The first-order valence-corrected chi connectivity index (χ1v) is 7.65. The summed E-state index contributed by atoms with van der Waals surface area (Å²) in [5.74, 6) is 0.364. The smallest absolute Gasteiger partial charge is 0.248 e. The fraction of sp³-hybridized carbons (Fsp3) is 0.529. The van der Waals surface area contributed by atoms with E-state index < -0.39 is 5.91 Å². The van der Waals surface area contributed by atoms with Crippen molar-refractivity contribution in [2.75, 3.05) is 0 Å². The van der Waals surface area contributed by atoms with Gasteiger partial charge in [-0.1, -0.05) is 26.0 Å². The maximum atomic E-state index is 12.4. The number of benzene rings is 1. The molecule has 21 heavy (non-hydrogen) atoms. The second-order valence-corrected chi connectivity index (χ2v) is 6.25. The van der Waals surface area contributed by atoms with Crippen LogP contribution < -0.4 is 5.73 Å². The molecule has 0 aliphatic heterocycles. The largest absolute Gasteiger partial charge is 0.366 e. The van der Waals surface area contributed by atoms with Crippen LogP contribution in [0.2, 0.25) is 0 Å². The Morgan fingerprint density at radius 1 is 1.24 bits per heavy atom. The van der Waals surface area contributed by atoms with Crippen LogP contribution in [0.25, 0.3) is 0 Å². The molecule has 4 heteroatoms. The van der Waals surface area contributed by atoms with Gasteiger partial charge in [0.1, 0.15) is 0 Å². The van der Waals surface area contributed by atoms with E-state index in [2.05, 4.69) is 13.8 Å². The second kappa shape index (κ2) is 6.74. The van der Waals surface area contributed by atoms with Gasteiger partial charge in [0, 0.05) is 24.6 Å². The molecule has 2 amide bonds. The van der Waals surface area contributed by atoms with Crippen molar-refractivity contribution >= 4 is 11.8 Å². The molecule has 0 saturated heterocycles. The lowest BCUT2D eigenvalue weighted by Gasteiger charge is -2.23. The van der Waals surface area contributed by atoms with Gasteiger partial charge in [0.15, 0.2) is 0 Å². The van der Waals surface area contributed by atoms with E-state index in [0.717, 1.165) is 24.8 Å². The molecule has 0 bridgehead atoms. The summed E-state index contributed by atoms with van der Waals surface area (Å²) in [5, 5.41) is 0. The lowest BCUT2D eigenvalue weighted by molar-refractivity contribution is -0.132. The quantitative estimate of drug-likeness (QED) is 0.838. The van der Waals surface area contributed by atoms with Crippen molar-refractivity contribution in [3.8, 4) is 0 Å². The molecule has 1 aliphatic carbocycles. The first kappa shape index (κ1) is 15.5. The third-order valence-electron chi connectivity index (χ3n) is 3.83. The lowest BCUT2D eigenvalue weighted by Crippen LogP contribution is -2.32. The molecular formula is C17H24N2O2. The van der Waals surface area contributed by atoms with Crippen LogP contribution in [-0.2, 0) is 11.3 Å². The molecule has 114 valence electrons. The van der Waals surface area contributed by atoms with E-state index in [1.165, 1.54) is 0 Å². The van der Waals surface area contributed by atoms with Crippen LogP contribution in [0.1, 0.15) is 55.5 Å². The Bertz CT molecular complexity index is 504. The zero-order valence-corrected chi connectivity index (χ0v) is 12.8. The molecule has 2 rings (SSSR count). The Morgan fingerprint density at radius 2 is 1.86 bits per heavy atom. The molecule has 1 fully saturated rings. The third-order valence-corrected chi connectivity index (χ3v) is 3.83. The zero-order valence-electron chi connectivity index (χ0n) is 12.8. The predicted octanol–water partition coefficient (Wildman–Crippen LogP) is 2.71. The summed E-state index contributed by atoms with van der Waals surface area (Å²) in [7, 11) is 0. The van der Waals surface area contributed by atoms with Crippen LogP contribution >= 0.6 is 0 Å². The number of primary amides is 1. The van der Waals surface area contributed by atoms with Gasteiger partial charge in [-0.15, -0.1) is 0 Å². The van der Waals surface area contributed by atoms with Gasteiger partial charge in [-0.2, -0.15) is 0 Å². The Kier molecular flexibility index (Phi) is 4.99. The van der Waals surface area contributed by atoms with Crippen LogP contribution in [0.3, 0.4) is 0 Å². The summed E-state index contributed by atoms with van der Waals surface area (Å²) in [6, 6.07) is 7.61. The van der Waals surface area contributed by atoms with E-state index in [-0.39, 0.29) is 5.91 Å². The fourth-order valence-corrected chi connectivity index (χ4v) is 2.33. The molecule has 1 aliphatic rings. The minimum Gasteiger partial charge on any atom is -0.366 e. The standard InChI is InChI=1S/C17H24N2O2/c1-12(2)3-10-16(20)19(15-8-9-15)11-13-4-6-14(7-5-13)17(18)21/h4-7,12,15H,3,8-11H2,1-2H3,(H2,18,21). The minimum absolute atomic E-state index is 0.241. The molecule has 0 atom stereocenters. The Hall–Kier alpha value is -1.84. The highest BCUT2D eigenvalue weighted by atomic mass is 16.2. The van der Waals surface area contributed by atoms with E-state index in [1.807, 2.05) is 17.0 Å². The van der Waals surface area contributed by atoms with Crippen molar-refractivity contribution in [3.05, 3.63) is 35.4 Å². The zero-order chi connectivity index (χ0) is 15.4. The summed E-state index contributed by atoms with van der Waals surface area (Å²) in [6.07, 6.45) is 3.76. The monoisotopic (exact) mass is 288 g/mol. The van der Waals surface area contributed by atoms with Crippen LogP contribution in [0, 0.1) is 5.92 Å². The van der Waals surface area contributed by atoms with Crippen molar-refractivity contribution in [1.29, 1.82) is 0 Å². The molecule has 0 spiro atoms. The fourth-order valence-electron chi connectivity index (χ4n) is 2.33. The third kappa shape index (κ3) is 4.59. The van der Waals surface area contributed by atoms with Crippen molar-refractivity contribution in [3.63, 3.8) is 0 Å². The maximum absolute atomic E-state index is 12.4. The molecule has 0 unspecified atom stereocenters. The average Bonchev–Trinajstić information content (AvgIpc) is 3.27.